The van der Waals surface area contributed by atoms with Crippen LogP contribution in [0, 0.1) is 0 Å². The summed E-state index contributed by atoms with van der Waals surface area (Å²) in [5, 5.41) is 0. The van der Waals surface area contributed by atoms with Gasteiger partial charge in [0.25, 0.3) is 0 Å². The van der Waals surface area contributed by atoms with Gasteiger partial charge >= 0.3 is 11.9 Å². The summed E-state index contributed by atoms with van der Waals surface area (Å²) in [6, 6.07) is 0. The summed E-state index contributed by atoms with van der Waals surface area (Å²) in [6.07, 6.45) is 1.57. The number of esters is 2. The lowest BCUT2D eigenvalue weighted by atomic mass is 10.2. The van der Waals surface area contributed by atoms with E-state index in [0.29, 0.717) is 6.42 Å². The van der Waals surface area contributed by atoms with E-state index in [0.717, 1.165) is 0 Å². The van der Waals surface area contributed by atoms with Crippen molar-refractivity contribution >= 4 is 11.9 Å². The Labute approximate surface area is 89.6 Å². The van der Waals surface area contributed by atoms with E-state index in [9.17, 15) is 9.59 Å². The molecular formula is C11H16O4. The van der Waals surface area contributed by atoms with Crippen LogP contribution in [0.2, 0.25) is 0 Å². The largest absolute Gasteiger partial charge is 0.462 e. The Morgan fingerprint density at radius 3 is 2.53 bits per heavy atom. The molecule has 0 saturated heterocycles. The van der Waals surface area contributed by atoms with Crippen molar-refractivity contribution in [2.75, 3.05) is 6.61 Å². The number of hydrogen-bond donors (Lipinski definition) is 0. The van der Waals surface area contributed by atoms with Crippen molar-refractivity contribution in [3.63, 3.8) is 0 Å². The molecule has 0 saturated carbocycles. The monoisotopic (exact) mass is 212 g/mol. The van der Waals surface area contributed by atoms with Gasteiger partial charge in [-0.3, -0.25) is 4.79 Å². The van der Waals surface area contributed by atoms with Crippen molar-refractivity contribution in [1.82, 2.24) is 0 Å². The molecule has 4 nitrogen and oxygen atoms in total. The van der Waals surface area contributed by atoms with E-state index in [-0.39, 0.29) is 12.2 Å². The minimum Gasteiger partial charge on any atom is -0.462 e. The van der Waals surface area contributed by atoms with Crippen molar-refractivity contribution in [3.05, 3.63) is 24.8 Å². The molecule has 0 spiro atoms. The molecule has 0 aliphatic carbocycles. The number of hydrogen-bond acceptors (Lipinski definition) is 4. The quantitative estimate of drug-likeness (QED) is 0.290. The molecule has 84 valence electrons. The highest BCUT2D eigenvalue weighted by Crippen LogP contribution is 2.06. The van der Waals surface area contributed by atoms with Gasteiger partial charge in [-0.25, -0.2) is 4.79 Å². The highest BCUT2D eigenvalue weighted by atomic mass is 16.6. The molecule has 0 rings (SSSR count). The fraction of sp³-hybridized carbons (Fsp3) is 0.455. The van der Waals surface area contributed by atoms with Crippen LogP contribution in [0.1, 0.15) is 20.3 Å². The molecule has 0 aliphatic rings. The van der Waals surface area contributed by atoms with Gasteiger partial charge in [-0.05, 0) is 13.3 Å². The molecule has 1 unspecified atom stereocenters. The summed E-state index contributed by atoms with van der Waals surface area (Å²) in [7, 11) is 0. The lowest BCUT2D eigenvalue weighted by Crippen LogP contribution is -2.21. The van der Waals surface area contributed by atoms with Crippen molar-refractivity contribution in [2.45, 2.75) is 26.4 Å². The summed E-state index contributed by atoms with van der Waals surface area (Å²) >= 11 is 0. The van der Waals surface area contributed by atoms with E-state index in [4.69, 9.17) is 9.47 Å². The third kappa shape index (κ3) is 5.67. The van der Waals surface area contributed by atoms with Gasteiger partial charge in [0.15, 0.2) is 0 Å². The maximum atomic E-state index is 11.3. The maximum Gasteiger partial charge on any atom is 0.337 e. The van der Waals surface area contributed by atoms with E-state index in [1.807, 2.05) is 0 Å². The van der Waals surface area contributed by atoms with Crippen LogP contribution in [0.4, 0.5) is 0 Å². The molecule has 0 bridgehead atoms. The van der Waals surface area contributed by atoms with Crippen molar-refractivity contribution in [3.8, 4) is 0 Å². The third-order valence-corrected chi connectivity index (χ3v) is 1.65. The molecule has 0 aromatic rings. The molecule has 4 heteroatoms. The topological polar surface area (TPSA) is 52.6 Å². The summed E-state index contributed by atoms with van der Waals surface area (Å²) in [5.41, 5.74) is 0.134. The van der Waals surface area contributed by atoms with E-state index in [1.54, 1.807) is 13.0 Å². The van der Waals surface area contributed by atoms with Crippen molar-refractivity contribution < 1.29 is 19.1 Å². The van der Waals surface area contributed by atoms with Gasteiger partial charge in [-0.2, -0.15) is 0 Å². The van der Waals surface area contributed by atoms with Crippen LogP contribution in [-0.2, 0) is 19.1 Å². The Bertz CT molecular complexity index is 268. The highest BCUT2D eigenvalue weighted by molar-refractivity contribution is 5.89. The zero-order valence-corrected chi connectivity index (χ0v) is 9.12. The van der Waals surface area contributed by atoms with Gasteiger partial charge in [0.2, 0.25) is 0 Å². The summed E-state index contributed by atoms with van der Waals surface area (Å²) < 4.78 is 9.63. The van der Waals surface area contributed by atoms with Gasteiger partial charge < -0.3 is 9.47 Å². The third-order valence-electron chi connectivity index (χ3n) is 1.65. The summed E-state index contributed by atoms with van der Waals surface area (Å²) in [4.78, 5) is 21.9. The molecule has 0 aliphatic heterocycles. The number of carbonyl (C=O) groups excluding carboxylic acids is 2. The highest BCUT2D eigenvalue weighted by Gasteiger charge is 2.18. The lowest BCUT2D eigenvalue weighted by molar-refractivity contribution is -0.146. The second kappa shape index (κ2) is 6.81. The fourth-order valence-electron chi connectivity index (χ4n) is 0.814. The summed E-state index contributed by atoms with van der Waals surface area (Å²) in [6.45, 7) is 10.1. The van der Waals surface area contributed by atoms with E-state index in [1.165, 1.54) is 6.92 Å². The normalized spacial score (nSPS) is 11.3. The average molecular weight is 212 g/mol. The molecule has 0 radical (unpaired) electrons. The predicted molar refractivity (Wildman–Crippen MR) is 56.1 cm³/mol. The predicted octanol–water partition coefficient (Wildman–Crippen LogP) is 1.61. The lowest BCUT2D eigenvalue weighted by Gasteiger charge is -2.13. The molecule has 0 fully saturated rings. The Balaban J connectivity index is 4.02. The SMILES string of the molecule is C=CCCOC(=O)C(=C)C(C)OC(C)=O. The molecule has 0 aromatic carbocycles. The van der Waals surface area contributed by atoms with Crippen LogP contribution in [0.15, 0.2) is 24.8 Å². The van der Waals surface area contributed by atoms with E-state index < -0.39 is 18.0 Å². The van der Waals surface area contributed by atoms with Crippen LogP contribution in [0.5, 0.6) is 0 Å². The number of rotatable bonds is 6. The molecular weight excluding hydrogens is 196 g/mol. The first kappa shape index (κ1) is 13.4. The minimum absolute atomic E-state index is 0.134. The fourth-order valence-corrected chi connectivity index (χ4v) is 0.814. The maximum absolute atomic E-state index is 11.3. The van der Waals surface area contributed by atoms with Gasteiger partial charge in [0.05, 0.1) is 12.2 Å². The van der Waals surface area contributed by atoms with Gasteiger partial charge in [-0.15, -0.1) is 6.58 Å². The first-order valence-electron chi connectivity index (χ1n) is 4.63. The Hall–Kier alpha value is -1.58. The number of carbonyl (C=O) groups is 2. The smallest absolute Gasteiger partial charge is 0.337 e. The Morgan fingerprint density at radius 1 is 1.47 bits per heavy atom. The molecule has 0 heterocycles. The first-order valence-corrected chi connectivity index (χ1v) is 4.63. The molecule has 0 N–H and O–H groups in total. The molecule has 0 aromatic heterocycles. The van der Waals surface area contributed by atoms with Crippen LogP contribution in [0.3, 0.4) is 0 Å². The van der Waals surface area contributed by atoms with Crippen LogP contribution in [0.25, 0.3) is 0 Å². The Morgan fingerprint density at radius 2 is 2.07 bits per heavy atom. The molecule has 15 heavy (non-hydrogen) atoms. The Kier molecular flexibility index (Phi) is 6.09. The molecule has 0 amide bonds. The van der Waals surface area contributed by atoms with E-state index >= 15 is 0 Å². The zero-order valence-electron chi connectivity index (χ0n) is 9.12. The van der Waals surface area contributed by atoms with Gasteiger partial charge in [-0.1, -0.05) is 12.7 Å². The number of ether oxygens (including phenoxy) is 2. The van der Waals surface area contributed by atoms with Gasteiger partial charge in [0, 0.05) is 6.92 Å². The molecule has 1 atom stereocenters. The second-order valence-electron chi connectivity index (χ2n) is 2.99. The summed E-state index contributed by atoms with van der Waals surface area (Å²) in [5.74, 6) is -1.01. The van der Waals surface area contributed by atoms with Crippen molar-refractivity contribution in [2.24, 2.45) is 0 Å². The second-order valence-corrected chi connectivity index (χ2v) is 2.99. The first-order chi connectivity index (χ1) is 6.99. The van der Waals surface area contributed by atoms with Crippen LogP contribution >= 0.6 is 0 Å². The minimum atomic E-state index is -0.654. The zero-order chi connectivity index (χ0) is 11.8. The van der Waals surface area contributed by atoms with Crippen molar-refractivity contribution in [1.29, 1.82) is 0 Å². The van der Waals surface area contributed by atoms with Gasteiger partial charge in [0.1, 0.15) is 6.10 Å². The standard InChI is InChI=1S/C11H16O4/c1-5-6-7-14-11(13)8(2)9(3)15-10(4)12/h5,9H,1-2,6-7H2,3-4H3. The van der Waals surface area contributed by atoms with Crippen LogP contribution in [-0.4, -0.2) is 24.6 Å². The van der Waals surface area contributed by atoms with E-state index in [2.05, 4.69) is 13.2 Å². The average Bonchev–Trinajstić information content (AvgIpc) is 2.15. The van der Waals surface area contributed by atoms with Crippen LogP contribution < -0.4 is 0 Å².